The van der Waals surface area contributed by atoms with Crippen LogP contribution in [-0.4, -0.2) is 18.1 Å². The van der Waals surface area contributed by atoms with Gasteiger partial charge in [-0.1, -0.05) is 35.3 Å². The third kappa shape index (κ3) is 3.55. The maximum Gasteiger partial charge on any atom is 0.335 e. The predicted molar refractivity (Wildman–Crippen MR) is 100.0 cm³/mol. The molecule has 0 unspecified atom stereocenters. The minimum Gasteiger partial charge on any atom is -0.478 e. The summed E-state index contributed by atoms with van der Waals surface area (Å²) < 4.78 is 0. The Labute approximate surface area is 157 Å². The summed E-state index contributed by atoms with van der Waals surface area (Å²) in [5, 5.41) is 13.6. The third-order valence-electron chi connectivity index (χ3n) is 4.52. The Morgan fingerprint density at radius 1 is 1.08 bits per heavy atom. The molecule has 1 aliphatic rings. The molecule has 0 amide bonds. The highest BCUT2D eigenvalue weighted by Crippen LogP contribution is 2.42. The minimum atomic E-state index is -0.910. The molecule has 0 heterocycles. The first-order valence-corrected chi connectivity index (χ1v) is 8.26. The van der Waals surface area contributed by atoms with Gasteiger partial charge in [-0.05, 0) is 60.8 Å². The van der Waals surface area contributed by atoms with Gasteiger partial charge in [-0.3, -0.25) is 0 Å². The zero-order valence-corrected chi connectivity index (χ0v) is 15.4. The van der Waals surface area contributed by atoms with Crippen LogP contribution in [0, 0.1) is 0 Å². The minimum absolute atomic E-state index is 0. The van der Waals surface area contributed by atoms with E-state index in [1.54, 1.807) is 18.2 Å². The fourth-order valence-corrected chi connectivity index (χ4v) is 3.65. The highest BCUT2D eigenvalue weighted by atomic mass is 35.5. The molecule has 2 N–H and O–H groups in total. The topological polar surface area (TPSA) is 49.3 Å². The summed E-state index contributed by atoms with van der Waals surface area (Å²) >= 11 is 12.2. The molecule has 3 nitrogen and oxygen atoms in total. The smallest absolute Gasteiger partial charge is 0.335 e. The van der Waals surface area contributed by atoms with Crippen molar-refractivity contribution in [2.24, 2.45) is 0 Å². The van der Waals surface area contributed by atoms with Crippen molar-refractivity contribution in [1.82, 2.24) is 5.32 Å². The molecule has 0 bridgehead atoms. The SMILES string of the molecule is CN[C@H]1CC[C@@H](c2ccc(Cl)c(Cl)c2)c2cc(C(=O)O)ccc21.Cl. The lowest BCUT2D eigenvalue weighted by Gasteiger charge is -2.32. The molecular formula is C18H18Cl3NO2. The first kappa shape index (κ1) is 19.1. The number of halogens is 3. The van der Waals surface area contributed by atoms with E-state index in [0.29, 0.717) is 15.6 Å². The molecule has 0 radical (unpaired) electrons. The maximum absolute atomic E-state index is 11.3. The van der Waals surface area contributed by atoms with Gasteiger partial charge in [-0.15, -0.1) is 12.4 Å². The largest absolute Gasteiger partial charge is 0.478 e. The molecule has 0 aromatic heterocycles. The van der Waals surface area contributed by atoms with Crippen molar-refractivity contribution in [1.29, 1.82) is 0 Å². The van der Waals surface area contributed by atoms with Crippen LogP contribution in [0.15, 0.2) is 36.4 Å². The van der Waals surface area contributed by atoms with E-state index in [9.17, 15) is 9.90 Å². The van der Waals surface area contributed by atoms with Crippen molar-refractivity contribution in [2.75, 3.05) is 7.05 Å². The van der Waals surface area contributed by atoms with Crippen molar-refractivity contribution in [3.8, 4) is 0 Å². The number of hydrogen-bond acceptors (Lipinski definition) is 2. The summed E-state index contributed by atoms with van der Waals surface area (Å²) in [6, 6.07) is 11.3. The van der Waals surface area contributed by atoms with Gasteiger partial charge in [-0.25, -0.2) is 4.79 Å². The lowest BCUT2D eigenvalue weighted by molar-refractivity contribution is 0.0696. The van der Waals surface area contributed by atoms with Gasteiger partial charge in [0.05, 0.1) is 15.6 Å². The summed E-state index contributed by atoms with van der Waals surface area (Å²) in [6.07, 6.45) is 1.92. The monoisotopic (exact) mass is 385 g/mol. The Kier molecular flexibility index (Phi) is 6.16. The van der Waals surface area contributed by atoms with E-state index in [2.05, 4.69) is 5.32 Å². The van der Waals surface area contributed by atoms with Crippen LogP contribution in [0.4, 0.5) is 0 Å². The zero-order chi connectivity index (χ0) is 16.6. The number of rotatable bonds is 3. The van der Waals surface area contributed by atoms with Gasteiger partial charge in [-0.2, -0.15) is 0 Å². The average Bonchev–Trinajstić information content (AvgIpc) is 2.55. The van der Waals surface area contributed by atoms with Gasteiger partial charge in [0.15, 0.2) is 0 Å². The van der Waals surface area contributed by atoms with E-state index in [1.165, 1.54) is 0 Å². The van der Waals surface area contributed by atoms with Gasteiger partial charge in [0.1, 0.15) is 0 Å². The fraction of sp³-hybridized carbons (Fsp3) is 0.278. The van der Waals surface area contributed by atoms with Crippen LogP contribution in [0.25, 0.3) is 0 Å². The number of carbonyl (C=O) groups is 1. The predicted octanol–water partition coefficient (Wildman–Crippen LogP) is 5.30. The molecule has 3 rings (SSSR count). The number of benzene rings is 2. The van der Waals surface area contributed by atoms with E-state index < -0.39 is 5.97 Å². The van der Waals surface area contributed by atoms with Crippen molar-refractivity contribution in [3.63, 3.8) is 0 Å². The summed E-state index contributed by atoms with van der Waals surface area (Å²) in [7, 11) is 1.93. The van der Waals surface area contributed by atoms with Gasteiger partial charge in [0.2, 0.25) is 0 Å². The lowest BCUT2D eigenvalue weighted by Crippen LogP contribution is -2.24. The van der Waals surface area contributed by atoms with E-state index in [4.69, 9.17) is 23.2 Å². The molecule has 0 saturated heterocycles. The summed E-state index contributed by atoms with van der Waals surface area (Å²) in [5.41, 5.74) is 3.58. The van der Waals surface area contributed by atoms with Crippen LogP contribution in [0.3, 0.4) is 0 Å². The Balaban J connectivity index is 0.00000208. The Bertz CT molecular complexity index is 764. The molecule has 0 saturated carbocycles. The first-order chi connectivity index (χ1) is 11.0. The van der Waals surface area contributed by atoms with Crippen LogP contribution in [0.2, 0.25) is 10.0 Å². The Morgan fingerprint density at radius 3 is 2.46 bits per heavy atom. The lowest BCUT2D eigenvalue weighted by atomic mass is 9.76. The number of nitrogens with one attached hydrogen (secondary N) is 1. The highest BCUT2D eigenvalue weighted by molar-refractivity contribution is 6.42. The number of carboxylic acids is 1. The third-order valence-corrected chi connectivity index (χ3v) is 5.26. The van der Waals surface area contributed by atoms with Crippen LogP contribution in [0.5, 0.6) is 0 Å². The molecule has 6 heteroatoms. The van der Waals surface area contributed by atoms with Crippen LogP contribution in [-0.2, 0) is 0 Å². The standard InChI is InChI=1S/C18H17Cl2NO2.ClH/c1-21-17-7-5-12(10-3-6-15(19)16(20)9-10)14-8-11(18(22)23)2-4-13(14)17;/h2-4,6,8-9,12,17,21H,5,7H2,1H3,(H,22,23);1H/t12-,17-;/m0./s1. The zero-order valence-electron chi connectivity index (χ0n) is 13.1. The molecule has 2 aromatic carbocycles. The molecule has 1 aliphatic carbocycles. The molecule has 2 atom stereocenters. The Morgan fingerprint density at radius 2 is 1.83 bits per heavy atom. The molecule has 0 fully saturated rings. The van der Waals surface area contributed by atoms with Gasteiger partial charge < -0.3 is 10.4 Å². The number of fused-ring (bicyclic) bond motifs is 1. The number of aromatic carboxylic acids is 1. The molecular weight excluding hydrogens is 369 g/mol. The van der Waals surface area contributed by atoms with Gasteiger partial charge in [0.25, 0.3) is 0 Å². The van der Waals surface area contributed by atoms with E-state index in [1.807, 2.05) is 25.2 Å². The highest BCUT2D eigenvalue weighted by Gasteiger charge is 2.28. The molecule has 0 spiro atoms. The first-order valence-electron chi connectivity index (χ1n) is 7.50. The summed E-state index contributed by atoms with van der Waals surface area (Å²) in [5.74, 6) is -0.782. The molecule has 128 valence electrons. The second kappa shape index (κ2) is 7.75. The fourth-order valence-electron chi connectivity index (χ4n) is 3.35. The van der Waals surface area contributed by atoms with E-state index in [-0.39, 0.29) is 24.4 Å². The second-order valence-electron chi connectivity index (χ2n) is 5.79. The quantitative estimate of drug-likeness (QED) is 0.752. The van der Waals surface area contributed by atoms with Crippen molar-refractivity contribution in [2.45, 2.75) is 24.8 Å². The van der Waals surface area contributed by atoms with Gasteiger partial charge >= 0.3 is 5.97 Å². The number of hydrogen-bond donors (Lipinski definition) is 2. The molecule has 24 heavy (non-hydrogen) atoms. The maximum atomic E-state index is 11.3. The second-order valence-corrected chi connectivity index (χ2v) is 6.61. The summed E-state index contributed by atoms with van der Waals surface area (Å²) in [6.45, 7) is 0. The average molecular weight is 387 g/mol. The van der Waals surface area contributed by atoms with E-state index >= 15 is 0 Å². The Hall–Kier alpha value is -1.26. The summed E-state index contributed by atoms with van der Waals surface area (Å²) in [4.78, 5) is 11.3. The van der Waals surface area contributed by atoms with Crippen LogP contribution in [0.1, 0.15) is 51.8 Å². The van der Waals surface area contributed by atoms with E-state index in [0.717, 1.165) is 29.5 Å². The van der Waals surface area contributed by atoms with Crippen LogP contribution >= 0.6 is 35.6 Å². The van der Waals surface area contributed by atoms with Crippen molar-refractivity contribution < 1.29 is 9.90 Å². The molecule has 0 aliphatic heterocycles. The number of carboxylic acid groups (broad SMARTS) is 1. The van der Waals surface area contributed by atoms with Crippen molar-refractivity contribution >= 4 is 41.6 Å². The molecule has 2 aromatic rings. The van der Waals surface area contributed by atoms with Gasteiger partial charge in [0, 0.05) is 12.0 Å². The van der Waals surface area contributed by atoms with Crippen LogP contribution < -0.4 is 5.32 Å². The van der Waals surface area contributed by atoms with Crippen molar-refractivity contribution in [3.05, 3.63) is 68.7 Å². The normalized spacial score (nSPS) is 19.3.